The molecule has 0 unspecified atom stereocenters. The van der Waals surface area contributed by atoms with Gasteiger partial charge in [0, 0.05) is 18.1 Å². The van der Waals surface area contributed by atoms with Crippen LogP contribution in [0.2, 0.25) is 5.02 Å². The highest BCUT2D eigenvalue weighted by Crippen LogP contribution is 2.17. The average molecular weight is 210 g/mol. The van der Waals surface area contributed by atoms with Gasteiger partial charge in [-0.15, -0.1) is 0 Å². The molecule has 0 heterocycles. The number of rotatable bonds is 4. The van der Waals surface area contributed by atoms with Gasteiger partial charge < -0.3 is 5.32 Å². The standard InChI is InChI=1S/C12H16ClN/c1-9(2)7-14-8-11-5-4-10(3)6-12(11)13/h4-6,14H,1,7-8H2,2-3H3. The van der Waals surface area contributed by atoms with E-state index in [1.54, 1.807) is 0 Å². The number of aryl methyl sites for hydroxylation is 1. The number of halogens is 1. The quantitative estimate of drug-likeness (QED) is 0.751. The molecule has 1 aromatic rings. The minimum absolute atomic E-state index is 0.798. The zero-order valence-electron chi connectivity index (χ0n) is 8.73. The van der Waals surface area contributed by atoms with Crippen molar-refractivity contribution in [3.8, 4) is 0 Å². The van der Waals surface area contributed by atoms with Crippen molar-refractivity contribution in [2.45, 2.75) is 20.4 Å². The van der Waals surface area contributed by atoms with E-state index >= 15 is 0 Å². The first kappa shape index (κ1) is 11.3. The van der Waals surface area contributed by atoms with E-state index in [4.69, 9.17) is 11.6 Å². The number of benzene rings is 1. The number of hydrogen-bond acceptors (Lipinski definition) is 1. The fraction of sp³-hybridized carbons (Fsp3) is 0.333. The Bertz CT molecular complexity index is 331. The molecule has 0 atom stereocenters. The fourth-order valence-corrected chi connectivity index (χ4v) is 1.51. The normalized spacial score (nSPS) is 10.2. The maximum Gasteiger partial charge on any atom is 0.0453 e. The molecule has 1 nitrogen and oxygen atoms in total. The van der Waals surface area contributed by atoms with Crippen LogP contribution in [0.5, 0.6) is 0 Å². The van der Waals surface area contributed by atoms with Crippen molar-refractivity contribution >= 4 is 11.6 Å². The highest BCUT2D eigenvalue weighted by atomic mass is 35.5. The van der Waals surface area contributed by atoms with Gasteiger partial charge in [-0.2, -0.15) is 0 Å². The summed E-state index contributed by atoms with van der Waals surface area (Å²) in [6, 6.07) is 6.12. The summed E-state index contributed by atoms with van der Waals surface area (Å²) in [6.45, 7) is 9.50. The third-order valence-electron chi connectivity index (χ3n) is 1.95. The first-order chi connectivity index (χ1) is 6.59. The van der Waals surface area contributed by atoms with E-state index in [1.807, 2.05) is 19.9 Å². The lowest BCUT2D eigenvalue weighted by molar-refractivity contribution is 0.741. The Morgan fingerprint density at radius 2 is 2.21 bits per heavy atom. The smallest absolute Gasteiger partial charge is 0.0453 e. The van der Waals surface area contributed by atoms with Crippen LogP contribution < -0.4 is 5.32 Å². The predicted octanol–water partition coefficient (Wildman–Crippen LogP) is 3.31. The van der Waals surface area contributed by atoms with Crippen LogP contribution in [0.3, 0.4) is 0 Å². The molecule has 0 aromatic heterocycles. The van der Waals surface area contributed by atoms with Crippen molar-refractivity contribution in [2.75, 3.05) is 6.54 Å². The Labute approximate surface area is 90.8 Å². The zero-order chi connectivity index (χ0) is 10.6. The summed E-state index contributed by atoms with van der Waals surface area (Å²) in [5, 5.41) is 4.11. The van der Waals surface area contributed by atoms with E-state index in [9.17, 15) is 0 Å². The molecule has 0 aliphatic carbocycles. The van der Waals surface area contributed by atoms with Crippen LogP contribution in [-0.2, 0) is 6.54 Å². The lowest BCUT2D eigenvalue weighted by Crippen LogP contribution is -2.15. The SMILES string of the molecule is C=C(C)CNCc1ccc(C)cc1Cl. The molecule has 0 aliphatic heterocycles. The summed E-state index contributed by atoms with van der Waals surface area (Å²) < 4.78 is 0. The van der Waals surface area contributed by atoms with E-state index < -0.39 is 0 Å². The second kappa shape index (κ2) is 5.18. The molecule has 1 aromatic carbocycles. The van der Waals surface area contributed by atoms with Gasteiger partial charge in [0.15, 0.2) is 0 Å². The van der Waals surface area contributed by atoms with Crippen molar-refractivity contribution in [2.24, 2.45) is 0 Å². The Kier molecular flexibility index (Phi) is 4.18. The predicted molar refractivity (Wildman–Crippen MR) is 62.7 cm³/mol. The van der Waals surface area contributed by atoms with Gasteiger partial charge in [-0.3, -0.25) is 0 Å². The first-order valence-corrected chi connectivity index (χ1v) is 5.07. The van der Waals surface area contributed by atoms with Gasteiger partial charge in [-0.25, -0.2) is 0 Å². The summed E-state index contributed by atoms with van der Waals surface area (Å²) in [4.78, 5) is 0. The minimum Gasteiger partial charge on any atom is -0.309 e. The van der Waals surface area contributed by atoms with Crippen molar-refractivity contribution < 1.29 is 0 Å². The van der Waals surface area contributed by atoms with Crippen molar-refractivity contribution in [3.05, 3.63) is 46.5 Å². The molecule has 0 amide bonds. The van der Waals surface area contributed by atoms with Gasteiger partial charge in [0.2, 0.25) is 0 Å². The van der Waals surface area contributed by atoms with Crippen LogP contribution in [0.25, 0.3) is 0 Å². The van der Waals surface area contributed by atoms with E-state index in [0.717, 1.165) is 29.2 Å². The highest BCUT2D eigenvalue weighted by Gasteiger charge is 1.99. The summed E-state index contributed by atoms with van der Waals surface area (Å²) in [7, 11) is 0. The number of hydrogen-bond donors (Lipinski definition) is 1. The monoisotopic (exact) mass is 209 g/mol. The molecule has 0 fully saturated rings. The summed E-state index contributed by atoms with van der Waals surface area (Å²) >= 11 is 6.08. The third kappa shape index (κ3) is 3.52. The van der Waals surface area contributed by atoms with E-state index in [-0.39, 0.29) is 0 Å². The maximum atomic E-state index is 6.08. The zero-order valence-corrected chi connectivity index (χ0v) is 9.49. The first-order valence-electron chi connectivity index (χ1n) is 4.69. The van der Waals surface area contributed by atoms with Crippen molar-refractivity contribution in [3.63, 3.8) is 0 Å². The van der Waals surface area contributed by atoms with E-state index in [1.165, 1.54) is 5.56 Å². The summed E-state index contributed by atoms with van der Waals surface area (Å²) in [6.07, 6.45) is 0. The molecular weight excluding hydrogens is 194 g/mol. The molecule has 0 saturated carbocycles. The molecule has 0 spiro atoms. The third-order valence-corrected chi connectivity index (χ3v) is 2.30. The van der Waals surface area contributed by atoms with Gasteiger partial charge in [0.1, 0.15) is 0 Å². The molecule has 0 saturated heterocycles. The molecule has 0 radical (unpaired) electrons. The van der Waals surface area contributed by atoms with Crippen LogP contribution in [-0.4, -0.2) is 6.54 Å². The summed E-state index contributed by atoms with van der Waals surface area (Å²) in [5.74, 6) is 0. The molecule has 76 valence electrons. The minimum atomic E-state index is 0.798. The molecule has 14 heavy (non-hydrogen) atoms. The van der Waals surface area contributed by atoms with Gasteiger partial charge in [-0.05, 0) is 31.0 Å². The van der Waals surface area contributed by atoms with E-state index in [2.05, 4.69) is 24.0 Å². The van der Waals surface area contributed by atoms with Crippen molar-refractivity contribution in [1.29, 1.82) is 0 Å². The van der Waals surface area contributed by atoms with Crippen molar-refractivity contribution in [1.82, 2.24) is 5.32 Å². The molecule has 1 N–H and O–H groups in total. The van der Waals surface area contributed by atoms with Crippen LogP contribution in [0.1, 0.15) is 18.1 Å². The van der Waals surface area contributed by atoms with Crippen LogP contribution in [0.15, 0.2) is 30.4 Å². The van der Waals surface area contributed by atoms with Gasteiger partial charge in [0.25, 0.3) is 0 Å². The van der Waals surface area contributed by atoms with Crippen LogP contribution in [0.4, 0.5) is 0 Å². The molecule has 0 aliphatic rings. The summed E-state index contributed by atoms with van der Waals surface area (Å²) in [5.41, 5.74) is 3.46. The van der Waals surface area contributed by atoms with Crippen LogP contribution in [0, 0.1) is 6.92 Å². The lowest BCUT2D eigenvalue weighted by Gasteiger charge is -2.07. The molecule has 2 heteroatoms. The second-order valence-corrected chi connectivity index (χ2v) is 4.06. The fourth-order valence-electron chi connectivity index (χ4n) is 1.21. The molecule has 1 rings (SSSR count). The Morgan fingerprint density at radius 3 is 2.79 bits per heavy atom. The highest BCUT2D eigenvalue weighted by molar-refractivity contribution is 6.31. The Balaban J connectivity index is 2.55. The Morgan fingerprint density at radius 1 is 1.50 bits per heavy atom. The van der Waals surface area contributed by atoms with Crippen LogP contribution >= 0.6 is 11.6 Å². The van der Waals surface area contributed by atoms with E-state index in [0.29, 0.717) is 0 Å². The Hall–Kier alpha value is -0.790. The molecular formula is C12H16ClN. The second-order valence-electron chi connectivity index (χ2n) is 3.66. The van der Waals surface area contributed by atoms with Gasteiger partial charge in [-0.1, -0.05) is 35.9 Å². The maximum absolute atomic E-state index is 6.08. The largest absolute Gasteiger partial charge is 0.309 e. The topological polar surface area (TPSA) is 12.0 Å². The number of nitrogens with one attached hydrogen (secondary N) is 1. The van der Waals surface area contributed by atoms with Gasteiger partial charge >= 0.3 is 0 Å². The van der Waals surface area contributed by atoms with Gasteiger partial charge in [0.05, 0.1) is 0 Å². The molecule has 0 bridgehead atoms. The average Bonchev–Trinajstić information content (AvgIpc) is 2.08. The lowest BCUT2D eigenvalue weighted by atomic mass is 10.1.